The second-order valence-electron chi connectivity index (χ2n) is 16.1. The summed E-state index contributed by atoms with van der Waals surface area (Å²) in [5, 5.41) is 10.2. The summed E-state index contributed by atoms with van der Waals surface area (Å²) in [6.07, 6.45) is 19.5. The molecule has 0 saturated heterocycles. The number of unbranched alkanes of at least 4 members (excludes halogenated alkanes) is 9. The summed E-state index contributed by atoms with van der Waals surface area (Å²) in [4.78, 5) is 5.65. The fraction of sp³-hybridized carbons (Fsp3) is 0.674. The van der Waals surface area contributed by atoms with Crippen LogP contribution in [0.2, 0.25) is 0 Å². The van der Waals surface area contributed by atoms with Gasteiger partial charge in [-0.3, -0.25) is 0 Å². The first kappa shape index (κ1) is 39.6. The highest BCUT2D eigenvalue weighted by molar-refractivity contribution is 7.24. The molecule has 1 N–H and O–H groups in total. The number of benzene rings is 1. The number of aliphatic hydroxyl groups is 1. The normalized spacial score (nSPS) is 16.1. The summed E-state index contributed by atoms with van der Waals surface area (Å²) in [5.41, 5.74) is 7.62. The Hall–Kier alpha value is -1.64. The maximum absolute atomic E-state index is 10.2. The summed E-state index contributed by atoms with van der Waals surface area (Å²) < 4.78 is 16.0. The molecule has 0 bridgehead atoms. The second kappa shape index (κ2) is 17.9. The van der Waals surface area contributed by atoms with Crippen molar-refractivity contribution < 1.29 is 9.84 Å². The Bertz CT molecular complexity index is 1650. The lowest BCUT2D eigenvalue weighted by Gasteiger charge is -2.31. The van der Waals surface area contributed by atoms with Crippen LogP contribution in [-0.2, 0) is 21.0 Å². The molecule has 50 heavy (non-hydrogen) atoms. The number of fused-ring (bicyclic) bond motifs is 4. The third-order valence-corrected chi connectivity index (χ3v) is 15.2. The average Bonchev–Trinajstić information content (AvgIpc) is 3.91. The third-order valence-electron chi connectivity index (χ3n) is 11.8. The Labute approximate surface area is 315 Å². The zero-order valence-corrected chi connectivity index (χ0v) is 34.7. The van der Waals surface area contributed by atoms with Gasteiger partial charge in [-0.25, -0.2) is 0 Å². The zero-order chi connectivity index (χ0) is 35.8. The Morgan fingerprint density at radius 1 is 0.680 bits per heavy atom. The number of thiophene rings is 2. The number of nitrogens with zero attached hydrogens (tertiary/aromatic N) is 2. The Kier molecular flexibility index (Phi) is 14.2. The minimum atomic E-state index is -0.106. The van der Waals surface area contributed by atoms with Gasteiger partial charge in [0.25, 0.3) is 0 Å². The lowest BCUT2D eigenvalue weighted by atomic mass is 9.71. The highest BCUT2D eigenvalue weighted by Gasteiger charge is 2.46. The quantitative estimate of drug-likeness (QED) is 0.0770. The van der Waals surface area contributed by atoms with Crippen molar-refractivity contribution in [1.82, 2.24) is 8.75 Å². The van der Waals surface area contributed by atoms with Crippen LogP contribution in [0.25, 0.3) is 31.2 Å². The van der Waals surface area contributed by atoms with Gasteiger partial charge in [0.1, 0.15) is 11.0 Å². The van der Waals surface area contributed by atoms with Gasteiger partial charge in [0.05, 0.1) is 11.7 Å². The molecule has 0 spiro atoms. The van der Waals surface area contributed by atoms with Crippen molar-refractivity contribution in [1.29, 1.82) is 0 Å². The lowest BCUT2D eigenvalue weighted by Crippen LogP contribution is -2.26. The molecule has 0 saturated carbocycles. The van der Waals surface area contributed by atoms with Crippen molar-refractivity contribution in [2.75, 3.05) is 19.8 Å². The molecule has 3 aromatic heterocycles. The number of ether oxygens (including phenoxy) is 1. The van der Waals surface area contributed by atoms with Gasteiger partial charge in [-0.2, -0.15) is 8.75 Å². The van der Waals surface area contributed by atoms with E-state index in [0.717, 1.165) is 62.8 Å². The molecule has 4 nitrogen and oxygen atoms in total. The third kappa shape index (κ3) is 8.59. The van der Waals surface area contributed by atoms with E-state index in [1.165, 1.54) is 118 Å². The van der Waals surface area contributed by atoms with Gasteiger partial charge < -0.3 is 9.84 Å². The van der Waals surface area contributed by atoms with Crippen LogP contribution >= 0.6 is 34.4 Å². The van der Waals surface area contributed by atoms with Gasteiger partial charge in [0, 0.05) is 50.3 Å². The predicted octanol–water partition coefficient (Wildman–Crippen LogP) is 13.6. The van der Waals surface area contributed by atoms with E-state index in [2.05, 4.69) is 72.7 Å². The molecule has 1 aliphatic rings. The predicted molar refractivity (Wildman–Crippen MR) is 220 cm³/mol. The molecule has 1 aliphatic carbocycles. The Morgan fingerprint density at radius 3 is 1.96 bits per heavy atom. The van der Waals surface area contributed by atoms with Gasteiger partial charge in [0.15, 0.2) is 0 Å². The Balaban J connectivity index is 1.35. The molecule has 0 amide bonds. The van der Waals surface area contributed by atoms with E-state index < -0.39 is 0 Å². The number of rotatable bonds is 23. The summed E-state index contributed by atoms with van der Waals surface area (Å²) in [7, 11) is 0. The van der Waals surface area contributed by atoms with Crippen LogP contribution in [0, 0.1) is 0 Å². The van der Waals surface area contributed by atoms with Gasteiger partial charge in [-0.1, -0.05) is 118 Å². The smallest absolute Gasteiger partial charge is 0.113 e. The van der Waals surface area contributed by atoms with Crippen LogP contribution in [0.3, 0.4) is 0 Å². The fourth-order valence-corrected chi connectivity index (χ4v) is 11.2. The number of hydrogen-bond donors (Lipinski definition) is 1. The summed E-state index contributed by atoms with van der Waals surface area (Å²) in [6.45, 7) is 18.1. The highest BCUT2D eigenvalue weighted by Crippen LogP contribution is 2.61. The molecule has 5 rings (SSSR count). The Morgan fingerprint density at radius 2 is 1.28 bits per heavy atom. The van der Waals surface area contributed by atoms with E-state index in [4.69, 9.17) is 13.5 Å². The molecule has 276 valence electrons. The fourth-order valence-electron chi connectivity index (χ4n) is 7.73. The summed E-state index contributed by atoms with van der Waals surface area (Å²) >= 11 is 5.28. The molecule has 7 heteroatoms. The van der Waals surface area contributed by atoms with Crippen LogP contribution in [0.1, 0.15) is 173 Å². The van der Waals surface area contributed by atoms with Crippen molar-refractivity contribution in [3.63, 3.8) is 0 Å². The molecule has 0 radical (unpaired) electrons. The van der Waals surface area contributed by atoms with E-state index in [1.807, 2.05) is 22.7 Å². The summed E-state index contributed by atoms with van der Waals surface area (Å²) in [6, 6.07) is 9.63. The van der Waals surface area contributed by atoms with E-state index >= 15 is 0 Å². The first-order valence-electron chi connectivity index (χ1n) is 19.9. The van der Waals surface area contributed by atoms with Crippen molar-refractivity contribution >= 4 is 45.4 Å². The van der Waals surface area contributed by atoms with Crippen LogP contribution < -0.4 is 0 Å². The minimum Gasteiger partial charge on any atom is -0.396 e. The monoisotopic (exact) mass is 736 g/mol. The van der Waals surface area contributed by atoms with E-state index in [9.17, 15) is 5.11 Å². The van der Waals surface area contributed by atoms with E-state index in [1.54, 1.807) is 0 Å². The van der Waals surface area contributed by atoms with Crippen LogP contribution in [-0.4, -0.2) is 33.7 Å². The van der Waals surface area contributed by atoms with Crippen molar-refractivity contribution in [3.8, 4) is 20.2 Å². The maximum atomic E-state index is 10.2. The molecule has 1 unspecified atom stereocenters. The second-order valence-corrected chi connectivity index (χ2v) is 18.7. The summed E-state index contributed by atoms with van der Waals surface area (Å²) in [5.74, 6) is 0. The molecular weight excluding hydrogens is 673 g/mol. The molecule has 0 aliphatic heterocycles. The van der Waals surface area contributed by atoms with Crippen molar-refractivity contribution in [3.05, 3.63) is 45.8 Å². The molecule has 0 fully saturated rings. The molecule has 1 atom stereocenters. The van der Waals surface area contributed by atoms with Crippen molar-refractivity contribution in [2.24, 2.45) is 0 Å². The van der Waals surface area contributed by atoms with Gasteiger partial charge in [-0.05, 0) is 84.6 Å². The van der Waals surface area contributed by atoms with Gasteiger partial charge in [0.2, 0.25) is 0 Å². The largest absolute Gasteiger partial charge is 0.396 e. The lowest BCUT2D eigenvalue weighted by molar-refractivity contribution is 0.121. The number of aromatic nitrogens is 2. The van der Waals surface area contributed by atoms with E-state index in [0.29, 0.717) is 0 Å². The number of aliphatic hydroxyl groups excluding tert-OH is 1. The van der Waals surface area contributed by atoms with Gasteiger partial charge in [-0.15, -0.1) is 22.7 Å². The maximum Gasteiger partial charge on any atom is 0.113 e. The minimum absolute atomic E-state index is 0.0488. The number of hydrogen-bond acceptors (Lipinski definition) is 7. The van der Waals surface area contributed by atoms with Crippen molar-refractivity contribution in [2.45, 2.75) is 167 Å². The van der Waals surface area contributed by atoms with E-state index in [-0.39, 0.29) is 22.9 Å². The SMILES string of the molecule is CCCCCCCCCCCCOCCCC1(CCCO)c2cc(-c3ccc(C(C)(C)CC)c4nsnc34)sc2-c2sc(C(C)(C)CC)cc21. The van der Waals surface area contributed by atoms with Crippen LogP contribution in [0.4, 0.5) is 0 Å². The molecule has 3 heterocycles. The molecule has 1 aromatic carbocycles. The zero-order valence-electron chi connectivity index (χ0n) is 32.2. The van der Waals surface area contributed by atoms with Crippen LogP contribution in [0.5, 0.6) is 0 Å². The topological polar surface area (TPSA) is 55.2 Å². The highest BCUT2D eigenvalue weighted by atomic mass is 32.1. The standard InChI is InChI=1S/C43H64N2O2S3/c1-8-11-12-13-14-15-16-17-18-19-27-47-28-21-25-43(24-20-26-46)33-29-35(48-39(33)40-34(43)30-36(49-40)42(6,7)10-3)31-22-23-32(41(4,5)9-2)38-37(31)44-50-45-38/h22-23,29-30,46H,8-21,24-28H2,1-7H3. The first-order valence-corrected chi connectivity index (χ1v) is 22.2. The average molecular weight is 737 g/mol. The van der Waals surface area contributed by atoms with Crippen LogP contribution in [0.15, 0.2) is 24.3 Å². The van der Waals surface area contributed by atoms with Gasteiger partial charge >= 0.3 is 0 Å². The molecule has 4 aromatic rings. The molecular formula is C43H64N2O2S3. The first-order chi connectivity index (χ1) is 24.1.